The van der Waals surface area contributed by atoms with Gasteiger partial charge in [0, 0.05) is 13.6 Å². The van der Waals surface area contributed by atoms with Gasteiger partial charge in [0.25, 0.3) is 0 Å². The van der Waals surface area contributed by atoms with Gasteiger partial charge in [0.1, 0.15) is 5.76 Å². The third-order valence-electron chi connectivity index (χ3n) is 4.33. The summed E-state index contributed by atoms with van der Waals surface area (Å²) < 4.78 is 43.7. The predicted molar refractivity (Wildman–Crippen MR) is 120 cm³/mol. The van der Waals surface area contributed by atoms with Crippen LogP contribution >= 0.6 is 24.0 Å². The first-order chi connectivity index (χ1) is 13.8. The SMILES string of the molecule is CN=C(NCCC(C)c1cccc(C(F)(F)F)c1)NCC(=O)NCc1ccco1.I. The molecule has 2 rings (SSSR count). The average molecular weight is 538 g/mol. The van der Waals surface area contributed by atoms with E-state index in [1.54, 1.807) is 25.2 Å². The van der Waals surface area contributed by atoms with Crippen molar-refractivity contribution in [1.82, 2.24) is 16.0 Å². The number of amides is 1. The van der Waals surface area contributed by atoms with Gasteiger partial charge >= 0.3 is 6.18 Å². The number of furan rings is 1. The van der Waals surface area contributed by atoms with Gasteiger partial charge in [-0.05, 0) is 36.1 Å². The fraction of sp³-hybridized carbons (Fsp3) is 0.400. The van der Waals surface area contributed by atoms with E-state index in [0.717, 1.165) is 6.07 Å². The summed E-state index contributed by atoms with van der Waals surface area (Å²) in [5.41, 5.74) is -0.0188. The summed E-state index contributed by atoms with van der Waals surface area (Å²) in [5.74, 6) is 0.806. The Hall–Kier alpha value is -2.24. The lowest BCUT2D eigenvalue weighted by Gasteiger charge is -2.16. The Labute approximate surface area is 190 Å². The molecule has 1 atom stereocenters. The van der Waals surface area contributed by atoms with Gasteiger partial charge in [0.05, 0.1) is 24.9 Å². The Morgan fingerprint density at radius 2 is 1.93 bits per heavy atom. The van der Waals surface area contributed by atoms with Crippen molar-refractivity contribution in [3.05, 3.63) is 59.5 Å². The molecule has 0 bridgehead atoms. The van der Waals surface area contributed by atoms with Crippen molar-refractivity contribution in [3.8, 4) is 0 Å². The number of guanidine groups is 1. The number of hydrogen-bond acceptors (Lipinski definition) is 3. The molecule has 0 aliphatic carbocycles. The second kappa shape index (κ2) is 12.5. The van der Waals surface area contributed by atoms with E-state index < -0.39 is 11.7 Å². The van der Waals surface area contributed by atoms with Crippen LogP contribution in [-0.4, -0.2) is 32.0 Å². The smallest absolute Gasteiger partial charge is 0.416 e. The van der Waals surface area contributed by atoms with Gasteiger partial charge in [0.2, 0.25) is 5.91 Å². The first-order valence-corrected chi connectivity index (χ1v) is 9.20. The van der Waals surface area contributed by atoms with Crippen LogP contribution in [0.2, 0.25) is 0 Å². The minimum absolute atomic E-state index is 0. The predicted octanol–water partition coefficient (Wildman–Crippen LogP) is 3.89. The number of benzene rings is 1. The van der Waals surface area contributed by atoms with Crippen LogP contribution in [0.1, 0.15) is 36.1 Å². The third-order valence-corrected chi connectivity index (χ3v) is 4.33. The molecule has 1 unspecified atom stereocenters. The molecule has 0 saturated heterocycles. The summed E-state index contributed by atoms with van der Waals surface area (Å²) >= 11 is 0. The molecule has 0 fully saturated rings. The molecule has 0 aliphatic rings. The molecule has 1 heterocycles. The first kappa shape index (κ1) is 25.8. The highest BCUT2D eigenvalue weighted by Gasteiger charge is 2.30. The van der Waals surface area contributed by atoms with Crippen molar-refractivity contribution in [2.24, 2.45) is 4.99 Å². The molecule has 1 aromatic heterocycles. The van der Waals surface area contributed by atoms with Crippen LogP contribution in [0.25, 0.3) is 0 Å². The van der Waals surface area contributed by atoms with Crippen LogP contribution in [0.3, 0.4) is 0 Å². The van der Waals surface area contributed by atoms with E-state index in [1.807, 2.05) is 6.92 Å². The molecule has 30 heavy (non-hydrogen) atoms. The van der Waals surface area contributed by atoms with Crippen molar-refractivity contribution >= 4 is 35.8 Å². The number of rotatable bonds is 8. The van der Waals surface area contributed by atoms with Gasteiger partial charge in [-0.2, -0.15) is 13.2 Å². The van der Waals surface area contributed by atoms with E-state index in [0.29, 0.717) is 36.8 Å². The van der Waals surface area contributed by atoms with Crippen molar-refractivity contribution in [2.45, 2.75) is 32.0 Å². The largest absolute Gasteiger partial charge is 0.467 e. The minimum atomic E-state index is -4.35. The number of alkyl halides is 3. The van der Waals surface area contributed by atoms with E-state index in [1.165, 1.54) is 18.4 Å². The molecule has 0 spiro atoms. The summed E-state index contributed by atoms with van der Waals surface area (Å²) in [6.07, 6.45) is -2.21. The van der Waals surface area contributed by atoms with Gasteiger partial charge in [-0.25, -0.2) is 0 Å². The lowest BCUT2D eigenvalue weighted by atomic mass is 9.96. The quantitative estimate of drug-likeness (QED) is 0.271. The highest BCUT2D eigenvalue weighted by Crippen LogP contribution is 2.31. The molecular weight excluding hydrogens is 512 g/mol. The van der Waals surface area contributed by atoms with Crippen LogP contribution in [0.4, 0.5) is 13.2 Å². The molecular formula is C20H26F3IN4O2. The zero-order valence-electron chi connectivity index (χ0n) is 16.8. The number of halogens is 4. The number of nitrogens with one attached hydrogen (secondary N) is 3. The maximum atomic E-state index is 12.8. The molecule has 3 N–H and O–H groups in total. The second-order valence-electron chi connectivity index (χ2n) is 6.52. The van der Waals surface area contributed by atoms with Crippen LogP contribution < -0.4 is 16.0 Å². The van der Waals surface area contributed by atoms with Crippen LogP contribution in [0, 0.1) is 0 Å². The van der Waals surface area contributed by atoms with E-state index in [9.17, 15) is 18.0 Å². The summed E-state index contributed by atoms with van der Waals surface area (Å²) in [5, 5.41) is 8.66. The lowest BCUT2D eigenvalue weighted by molar-refractivity contribution is -0.137. The molecule has 1 amide bonds. The first-order valence-electron chi connectivity index (χ1n) is 9.20. The van der Waals surface area contributed by atoms with Gasteiger partial charge in [-0.1, -0.05) is 25.1 Å². The van der Waals surface area contributed by atoms with Gasteiger partial charge in [-0.3, -0.25) is 9.79 Å². The molecule has 2 aromatic rings. The highest BCUT2D eigenvalue weighted by atomic mass is 127. The molecule has 1 aromatic carbocycles. The Morgan fingerprint density at radius 1 is 1.17 bits per heavy atom. The molecule has 0 radical (unpaired) electrons. The minimum Gasteiger partial charge on any atom is -0.467 e. The Morgan fingerprint density at radius 3 is 2.57 bits per heavy atom. The van der Waals surface area contributed by atoms with Crippen molar-refractivity contribution < 1.29 is 22.4 Å². The molecule has 0 aliphatic heterocycles. The third kappa shape index (κ3) is 8.64. The zero-order valence-corrected chi connectivity index (χ0v) is 19.1. The second-order valence-corrected chi connectivity index (χ2v) is 6.52. The van der Waals surface area contributed by atoms with E-state index in [4.69, 9.17) is 4.42 Å². The van der Waals surface area contributed by atoms with Crippen molar-refractivity contribution in [3.63, 3.8) is 0 Å². The molecule has 166 valence electrons. The summed E-state index contributed by atoms with van der Waals surface area (Å²) in [4.78, 5) is 15.9. The number of carbonyl (C=O) groups excluding carboxylic acids is 1. The Bertz CT molecular complexity index is 811. The number of hydrogen-bond donors (Lipinski definition) is 3. The zero-order chi connectivity index (χ0) is 21.3. The van der Waals surface area contributed by atoms with Gasteiger partial charge in [0.15, 0.2) is 5.96 Å². The van der Waals surface area contributed by atoms with E-state index in [-0.39, 0.29) is 42.3 Å². The topological polar surface area (TPSA) is 78.7 Å². The molecule has 0 saturated carbocycles. The standard InChI is InChI=1S/C20H25F3N4O2.HI/c1-14(15-5-3-6-16(11-15)20(21,22)23)8-9-25-19(24-2)27-13-18(28)26-12-17-7-4-10-29-17;/h3-7,10-11,14H,8-9,12-13H2,1-2H3,(H,26,28)(H2,24,25,27);1H. The summed E-state index contributed by atoms with van der Waals surface area (Å²) in [6, 6.07) is 8.87. The fourth-order valence-corrected chi connectivity index (χ4v) is 2.64. The van der Waals surface area contributed by atoms with Crippen LogP contribution in [-0.2, 0) is 17.5 Å². The van der Waals surface area contributed by atoms with Gasteiger partial charge in [-0.15, -0.1) is 24.0 Å². The molecule has 10 heteroatoms. The van der Waals surface area contributed by atoms with Crippen molar-refractivity contribution in [1.29, 1.82) is 0 Å². The Balaban J connectivity index is 0.00000450. The van der Waals surface area contributed by atoms with E-state index >= 15 is 0 Å². The van der Waals surface area contributed by atoms with Gasteiger partial charge < -0.3 is 20.4 Å². The summed E-state index contributed by atoms with van der Waals surface area (Å²) in [6.45, 7) is 2.69. The number of aliphatic imine (C=N–C) groups is 1. The lowest BCUT2D eigenvalue weighted by Crippen LogP contribution is -2.43. The maximum absolute atomic E-state index is 12.8. The average Bonchev–Trinajstić information content (AvgIpc) is 3.22. The Kier molecular flexibility index (Phi) is 10.7. The maximum Gasteiger partial charge on any atom is 0.416 e. The molecule has 6 nitrogen and oxygen atoms in total. The van der Waals surface area contributed by atoms with Crippen LogP contribution in [0.15, 0.2) is 52.1 Å². The highest BCUT2D eigenvalue weighted by molar-refractivity contribution is 14.0. The summed E-state index contributed by atoms with van der Waals surface area (Å²) in [7, 11) is 1.58. The van der Waals surface area contributed by atoms with Crippen LogP contribution in [0.5, 0.6) is 0 Å². The van der Waals surface area contributed by atoms with Crippen molar-refractivity contribution in [2.75, 3.05) is 20.1 Å². The monoisotopic (exact) mass is 538 g/mol. The number of carbonyl (C=O) groups is 1. The normalized spacial score (nSPS) is 12.6. The number of nitrogens with zero attached hydrogens (tertiary/aromatic N) is 1. The fourth-order valence-electron chi connectivity index (χ4n) is 2.64. The van der Waals surface area contributed by atoms with E-state index in [2.05, 4.69) is 20.9 Å².